The van der Waals surface area contributed by atoms with E-state index in [1.54, 1.807) is 11.2 Å². The molecule has 2 rings (SSSR count). The standard InChI is InChI=1S/C15H28N2O4S/c1-4-21-15(18)14-6-5-7-16(11-14)22(19,20)17-9-12(2)8-13(3)10-17/h12-14H,4-11H2,1-3H3. The summed E-state index contributed by atoms with van der Waals surface area (Å²) in [6.07, 6.45) is 2.48. The molecule has 7 heteroatoms. The highest BCUT2D eigenvalue weighted by molar-refractivity contribution is 7.86. The summed E-state index contributed by atoms with van der Waals surface area (Å²) in [5, 5.41) is 0. The van der Waals surface area contributed by atoms with Crippen LogP contribution in [0.3, 0.4) is 0 Å². The molecular weight excluding hydrogens is 304 g/mol. The number of hydrogen-bond acceptors (Lipinski definition) is 4. The molecule has 128 valence electrons. The molecule has 2 aliphatic rings. The van der Waals surface area contributed by atoms with Gasteiger partial charge in [-0.15, -0.1) is 0 Å². The van der Waals surface area contributed by atoms with Crippen molar-refractivity contribution < 1.29 is 17.9 Å². The second-order valence-electron chi connectivity index (χ2n) is 6.72. The van der Waals surface area contributed by atoms with Crippen LogP contribution in [0, 0.1) is 17.8 Å². The van der Waals surface area contributed by atoms with Crippen LogP contribution in [0.5, 0.6) is 0 Å². The van der Waals surface area contributed by atoms with E-state index in [1.165, 1.54) is 4.31 Å². The predicted octanol–water partition coefficient (Wildman–Crippen LogP) is 1.48. The van der Waals surface area contributed by atoms with Gasteiger partial charge >= 0.3 is 5.97 Å². The van der Waals surface area contributed by atoms with Gasteiger partial charge in [-0.05, 0) is 38.0 Å². The summed E-state index contributed by atoms with van der Waals surface area (Å²) in [5.41, 5.74) is 0. The first-order valence-electron chi connectivity index (χ1n) is 8.26. The van der Waals surface area contributed by atoms with Crippen molar-refractivity contribution in [3.63, 3.8) is 0 Å². The molecule has 0 aromatic heterocycles. The lowest BCUT2D eigenvalue weighted by Gasteiger charge is -2.39. The second-order valence-corrected chi connectivity index (χ2v) is 8.65. The van der Waals surface area contributed by atoms with Crippen molar-refractivity contribution in [3.8, 4) is 0 Å². The maximum absolute atomic E-state index is 12.9. The smallest absolute Gasteiger partial charge is 0.310 e. The summed E-state index contributed by atoms with van der Waals surface area (Å²) in [5.74, 6) is 0.152. The van der Waals surface area contributed by atoms with Crippen LogP contribution < -0.4 is 0 Å². The van der Waals surface area contributed by atoms with Crippen molar-refractivity contribution in [1.82, 2.24) is 8.61 Å². The Morgan fingerprint density at radius 1 is 1.14 bits per heavy atom. The third kappa shape index (κ3) is 4.00. The number of ether oxygens (including phenoxy) is 1. The Bertz CT molecular complexity index is 484. The molecule has 0 aromatic carbocycles. The molecule has 0 N–H and O–H groups in total. The predicted molar refractivity (Wildman–Crippen MR) is 84.4 cm³/mol. The van der Waals surface area contributed by atoms with E-state index in [0.717, 1.165) is 6.42 Å². The molecule has 2 aliphatic heterocycles. The van der Waals surface area contributed by atoms with Crippen LogP contribution in [0.2, 0.25) is 0 Å². The van der Waals surface area contributed by atoms with E-state index in [2.05, 4.69) is 13.8 Å². The lowest BCUT2D eigenvalue weighted by atomic mass is 9.94. The highest BCUT2D eigenvalue weighted by Crippen LogP contribution is 2.27. The molecule has 0 saturated carbocycles. The fourth-order valence-electron chi connectivity index (χ4n) is 3.56. The lowest BCUT2D eigenvalue weighted by Crippen LogP contribution is -2.52. The van der Waals surface area contributed by atoms with Gasteiger partial charge in [0.05, 0.1) is 12.5 Å². The third-order valence-corrected chi connectivity index (χ3v) is 6.43. The number of esters is 1. The molecule has 6 nitrogen and oxygen atoms in total. The monoisotopic (exact) mass is 332 g/mol. The Labute approximate surface area is 134 Å². The fourth-order valence-corrected chi connectivity index (χ4v) is 5.50. The molecule has 2 saturated heterocycles. The van der Waals surface area contributed by atoms with Gasteiger partial charge in [-0.2, -0.15) is 17.0 Å². The molecule has 0 aliphatic carbocycles. The lowest BCUT2D eigenvalue weighted by molar-refractivity contribution is -0.149. The van der Waals surface area contributed by atoms with E-state index in [0.29, 0.717) is 50.9 Å². The highest BCUT2D eigenvalue weighted by Gasteiger charge is 2.38. The maximum Gasteiger partial charge on any atom is 0.310 e. The largest absolute Gasteiger partial charge is 0.466 e. The Balaban J connectivity index is 2.06. The molecule has 0 bridgehead atoms. The average Bonchev–Trinajstić information content (AvgIpc) is 2.46. The Hall–Kier alpha value is -0.660. The zero-order valence-electron chi connectivity index (χ0n) is 13.8. The Morgan fingerprint density at radius 2 is 1.77 bits per heavy atom. The summed E-state index contributed by atoms with van der Waals surface area (Å²) < 4.78 is 33.8. The molecule has 0 spiro atoms. The molecule has 0 radical (unpaired) electrons. The minimum atomic E-state index is -3.47. The molecule has 3 atom stereocenters. The SMILES string of the molecule is CCOC(=O)C1CCCN(S(=O)(=O)N2CC(C)CC(C)C2)C1. The Morgan fingerprint density at radius 3 is 2.36 bits per heavy atom. The second kappa shape index (κ2) is 7.27. The van der Waals surface area contributed by atoms with Gasteiger partial charge in [-0.3, -0.25) is 4.79 Å². The first-order valence-corrected chi connectivity index (χ1v) is 9.66. The zero-order valence-corrected chi connectivity index (χ0v) is 14.6. The molecule has 2 heterocycles. The minimum absolute atomic E-state index is 0.250. The van der Waals surface area contributed by atoms with Gasteiger partial charge < -0.3 is 4.74 Å². The van der Waals surface area contributed by atoms with Gasteiger partial charge in [0.1, 0.15) is 0 Å². The molecule has 22 heavy (non-hydrogen) atoms. The number of carbonyl (C=O) groups is 1. The number of hydrogen-bond donors (Lipinski definition) is 0. The van der Waals surface area contributed by atoms with Crippen molar-refractivity contribution in [1.29, 1.82) is 0 Å². The number of piperidine rings is 2. The van der Waals surface area contributed by atoms with Crippen molar-refractivity contribution in [2.75, 3.05) is 32.8 Å². The van der Waals surface area contributed by atoms with Crippen LogP contribution in [0.4, 0.5) is 0 Å². The van der Waals surface area contributed by atoms with E-state index in [-0.39, 0.29) is 18.4 Å². The fraction of sp³-hybridized carbons (Fsp3) is 0.933. The summed E-state index contributed by atoms with van der Waals surface area (Å²) in [6.45, 7) is 8.19. The normalized spacial score (nSPS) is 31.9. The average molecular weight is 332 g/mol. The van der Waals surface area contributed by atoms with E-state index >= 15 is 0 Å². The van der Waals surface area contributed by atoms with Crippen LogP contribution >= 0.6 is 0 Å². The quantitative estimate of drug-likeness (QED) is 0.732. The van der Waals surface area contributed by atoms with E-state index < -0.39 is 10.2 Å². The van der Waals surface area contributed by atoms with Crippen LogP contribution in [0.1, 0.15) is 40.0 Å². The molecule has 3 unspecified atom stereocenters. The van der Waals surface area contributed by atoms with Crippen molar-refractivity contribution in [2.24, 2.45) is 17.8 Å². The number of nitrogens with zero attached hydrogens (tertiary/aromatic N) is 2. The van der Waals surface area contributed by atoms with Crippen LogP contribution in [-0.4, -0.2) is 55.8 Å². The topological polar surface area (TPSA) is 66.9 Å². The van der Waals surface area contributed by atoms with E-state index in [1.807, 2.05) is 0 Å². The van der Waals surface area contributed by atoms with Crippen LogP contribution in [0.25, 0.3) is 0 Å². The van der Waals surface area contributed by atoms with Crippen LogP contribution in [-0.2, 0) is 19.7 Å². The van der Waals surface area contributed by atoms with Gasteiger partial charge in [0.15, 0.2) is 0 Å². The van der Waals surface area contributed by atoms with Gasteiger partial charge in [-0.25, -0.2) is 0 Å². The number of carbonyl (C=O) groups excluding carboxylic acids is 1. The first-order chi connectivity index (χ1) is 10.3. The minimum Gasteiger partial charge on any atom is -0.466 e. The van der Waals surface area contributed by atoms with E-state index in [9.17, 15) is 13.2 Å². The summed E-state index contributed by atoms with van der Waals surface area (Å²) in [7, 11) is -3.47. The third-order valence-electron chi connectivity index (χ3n) is 4.49. The van der Waals surface area contributed by atoms with Gasteiger partial charge in [0, 0.05) is 26.2 Å². The summed E-state index contributed by atoms with van der Waals surface area (Å²) in [6, 6.07) is 0. The van der Waals surface area contributed by atoms with Crippen LogP contribution in [0.15, 0.2) is 0 Å². The molecule has 0 amide bonds. The summed E-state index contributed by atoms with van der Waals surface area (Å²) >= 11 is 0. The molecule has 0 aromatic rings. The van der Waals surface area contributed by atoms with E-state index in [4.69, 9.17) is 4.74 Å². The highest BCUT2D eigenvalue weighted by atomic mass is 32.2. The summed E-state index contributed by atoms with van der Waals surface area (Å²) in [4.78, 5) is 11.9. The molecular formula is C15H28N2O4S. The van der Waals surface area contributed by atoms with Crippen molar-refractivity contribution in [3.05, 3.63) is 0 Å². The van der Waals surface area contributed by atoms with Crippen molar-refractivity contribution in [2.45, 2.75) is 40.0 Å². The van der Waals surface area contributed by atoms with Gasteiger partial charge in [0.25, 0.3) is 10.2 Å². The van der Waals surface area contributed by atoms with Crippen molar-refractivity contribution >= 4 is 16.2 Å². The Kier molecular flexibility index (Phi) is 5.85. The van der Waals surface area contributed by atoms with Gasteiger partial charge in [0.2, 0.25) is 0 Å². The van der Waals surface area contributed by atoms with Gasteiger partial charge in [-0.1, -0.05) is 13.8 Å². The maximum atomic E-state index is 12.9. The zero-order chi connectivity index (χ0) is 16.3. The number of rotatable bonds is 4. The first kappa shape index (κ1) is 17.7. The molecule has 2 fully saturated rings.